The molecule has 0 aromatic heterocycles. The standard InChI is InChI=1S/C31H28O2S2/c1-19(34)17-32-29-13-11-25-23-9-5-3-7-21(23)15-27(25)31(29)28-16-22-8-4-6-10-24(22)26(28)12-14-30(31)33-18-20(2)35/h3-16,19-20,34-35H,17-18H2,1-2H3. The smallest absolute Gasteiger partial charge is 0.136 e. The summed E-state index contributed by atoms with van der Waals surface area (Å²) >= 11 is 9.22. The van der Waals surface area contributed by atoms with Crippen LogP contribution in [0.2, 0.25) is 0 Å². The molecule has 0 amide bonds. The van der Waals surface area contributed by atoms with Crippen molar-refractivity contribution in [1.29, 1.82) is 0 Å². The van der Waals surface area contributed by atoms with Gasteiger partial charge < -0.3 is 9.47 Å². The van der Waals surface area contributed by atoms with Crippen molar-refractivity contribution in [2.45, 2.75) is 24.3 Å². The maximum atomic E-state index is 6.58. The lowest BCUT2D eigenvalue weighted by atomic mass is 9.63. The highest BCUT2D eigenvalue weighted by Crippen LogP contribution is 2.64. The summed E-state index contributed by atoms with van der Waals surface area (Å²) in [5, 5.41) is 0.208. The van der Waals surface area contributed by atoms with Crippen molar-refractivity contribution < 1.29 is 9.47 Å². The predicted molar refractivity (Wildman–Crippen MR) is 152 cm³/mol. The molecule has 0 aliphatic heterocycles. The highest BCUT2D eigenvalue weighted by Gasteiger charge is 2.55. The molecule has 0 heterocycles. The minimum absolute atomic E-state index is 0.104. The molecule has 6 rings (SSSR count). The largest absolute Gasteiger partial charge is 0.495 e. The van der Waals surface area contributed by atoms with Gasteiger partial charge in [-0.25, -0.2) is 0 Å². The Kier molecular flexibility index (Phi) is 5.62. The number of benzene rings is 2. The molecule has 2 aromatic carbocycles. The number of allylic oxidation sites excluding steroid dienone is 6. The molecule has 2 atom stereocenters. The quantitative estimate of drug-likeness (QED) is 0.406. The van der Waals surface area contributed by atoms with E-state index in [9.17, 15) is 0 Å². The summed E-state index contributed by atoms with van der Waals surface area (Å²) in [6.45, 7) is 5.13. The van der Waals surface area contributed by atoms with Gasteiger partial charge in [-0.15, -0.1) is 0 Å². The van der Waals surface area contributed by atoms with Gasteiger partial charge in [-0.3, -0.25) is 0 Å². The summed E-state index contributed by atoms with van der Waals surface area (Å²) in [4.78, 5) is 0. The van der Waals surface area contributed by atoms with Gasteiger partial charge in [-0.1, -0.05) is 74.5 Å². The maximum absolute atomic E-state index is 6.58. The number of thiol groups is 2. The lowest BCUT2D eigenvalue weighted by Gasteiger charge is -2.44. The minimum atomic E-state index is -0.683. The molecule has 0 saturated carbocycles. The molecule has 0 fully saturated rings. The van der Waals surface area contributed by atoms with Crippen LogP contribution in [0, 0.1) is 5.41 Å². The summed E-state index contributed by atoms with van der Waals surface area (Å²) in [6.07, 6.45) is 13.3. The Morgan fingerprint density at radius 2 is 1.09 bits per heavy atom. The summed E-state index contributed by atoms with van der Waals surface area (Å²) in [5.74, 6) is 1.76. The molecule has 4 aliphatic rings. The average Bonchev–Trinajstić information content (AvgIpc) is 3.42. The SMILES string of the molecule is CC(S)COC1=CC=C2C(=Cc3ccccc32)C12C(OCC(C)S)=CC=C1C2=Cc2ccccc21. The van der Waals surface area contributed by atoms with E-state index < -0.39 is 5.41 Å². The van der Waals surface area contributed by atoms with Gasteiger partial charge in [-0.05, 0) is 68.9 Å². The zero-order valence-electron chi connectivity index (χ0n) is 19.9. The van der Waals surface area contributed by atoms with Gasteiger partial charge >= 0.3 is 0 Å². The zero-order valence-corrected chi connectivity index (χ0v) is 21.7. The second-order valence-electron chi connectivity index (χ2n) is 9.58. The van der Waals surface area contributed by atoms with Gasteiger partial charge in [0, 0.05) is 10.5 Å². The fraction of sp³-hybridized carbons (Fsp3) is 0.226. The van der Waals surface area contributed by atoms with Crippen LogP contribution in [0.4, 0.5) is 0 Å². The molecule has 1 spiro atoms. The summed E-state index contributed by atoms with van der Waals surface area (Å²) < 4.78 is 13.2. The minimum Gasteiger partial charge on any atom is -0.495 e. The molecular formula is C31H28O2S2. The van der Waals surface area contributed by atoms with Crippen molar-refractivity contribution in [3.05, 3.63) is 118 Å². The van der Waals surface area contributed by atoms with Crippen molar-refractivity contribution in [3.63, 3.8) is 0 Å². The fourth-order valence-corrected chi connectivity index (χ4v) is 5.72. The topological polar surface area (TPSA) is 18.5 Å². The Morgan fingerprint density at radius 3 is 1.51 bits per heavy atom. The summed E-state index contributed by atoms with van der Waals surface area (Å²) in [5.41, 5.74) is 9.09. The molecule has 176 valence electrons. The first-order chi connectivity index (χ1) is 17.0. The Labute approximate surface area is 218 Å². The second-order valence-corrected chi connectivity index (χ2v) is 11.3. The molecule has 0 bridgehead atoms. The number of ether oxygens (including phenoxy) is 2. The molecule has 2 aromatic rings. The number of hydrogen-bond donors (Lipinski definition) is 2. The van der Waals surface area contributed by atoms with E-state index in [4.69, 9.17) is 9.47 Å². The van der Waals surface area contributed by atoms with Crippen LogP contribution in [-0.4, -0.2) is 23.7 Å². The molecule has 35 heavy (non-hydrogen) atoms. The van der Waals surface area contributed by atoms with Crippen LogP contribution in [0.1, 0.15) is 36.1 Å². The Hall–Kier alpha value is -2.82. The van der Waals surface area contributed by atoms with E-state index in [-0.39, 0.29) is 10.5 Å². The number of fused-ring (bicyclic) bond motifs is 8. The van der Waals surface area contributed by atoms with E-state index in [0.717, 1.165) is 11.5 Å². The molecule has 4 aliphatic carbocycles. The average molecular weight is 497 g/mol. The van der Waals surface area contributed by atoms with Gasteiger partial charge in [0.25, 0.3) is 0 Å². The van der Waals surface area contributed by atoms with Crippen molar-refractivity contribution >= 4 is 48.6 Å². The molecule has 4 heteroatoms. The van der Waals surface area contributed by atoms with Crippen molar-refractivity contribution in [1.82, 2.24) is 0 Å². The van der Waals surface area contributed by atoms with Gasteiger partial charge in [0.1, 0.15) is 16.9 Å². The number of rotatable bonds is 6. The van der Waals surface area contributed by atoms with Crippen LogP contribution in [0.15, 0.2) is 95.5 Å². The third-order valence-corrected chi connectivity index (χ3v) is 7.29. The van der Waals surface area contributed by atoms with Crippen molar-refractivity contribution in [2.24, 2.45) is 5.41 Å². The molecule has 0 radical (unpaired) electrons. The Bertz CT molecular complexity index is 1290. The van der Waals surface area contributed by atoms with Crippen LogP contribution < -0.4 is 0 Å². The van der Waals surface area contributed by atoms with E-state index in [1.54, 1.807) is 0 Å². The van der Waals surface area contributed by atoms with Crippen LogP contribution in [0.3, 0.4) is 0 Å². The summed E-state index contributed by atoms with van der Waals surface area (Å²) in [6, 6.07) is 17.2. The monoisotopic (exact) mass is 496 g/mol. The van der Waals surface area contributed by atoms with Crippen LogP contribution >= 0.6 is 25.3 Å². The van der Waals surface area contributed by atoms with E-state index in [1.165, 1.54) is 44.5 Å². The van der Waals surface area contributed by atoms with Gasteiger partial charge in [0.05, 0.1) is 13.2 Å². The van der Waals surface area contributed by atoms with Crippen LogP contribution in [-0.2, 0) is 9.47 Å². The van der Waals surface area contributed by atoms with E-state index in [2.05, 4.69) is 124 Å². The van der Waals surface area contributed by atoms with E-state index in [0.29, 0.717) is 13.2 Å². The Morgan fingerprint density at radius 1 is 0.657 bits per heavy atom. The molecule has 2 nitrogen and oxygen atoms in total. The maximum Gasteiger partial charge on any atom is 0.136 e. The third-order valence-electron chi connectivity index (χ3n) is 6.99. The first-order valence-electron chi connectivity index (χ1n) is 12.1. The molecular weight excluding hydrogens is 468 g/mol. The third kappa shape index (κ3) is 3.49. The Balaban J connectivity index is 1.60. The van der Waals surface area contributed by atoms with Crippen molar-refractivity contribution in [3.8, 4) is 0 Å². The summed E-state index contributed by atoms with van der Waals surface area (Å²) in [7, 11) is 0. The van der Waals surface area contributed by atoms with E-state index in [1.807, 2.05) is 0 Å². The van der Waals surface area contributed by atoms with Gasteiger partial charge in [0.2, 0.25) is 0 Å². The lowest BCUT2D eigenvalue weighted by Crippen LogP contribution is -2.37. The van der Waals surface area contributed by atoms with Gasteiger partial charge in [0.15, 0.2) is 0 Å². The second kappa shape index (κ2) is 8.69. The highest BCUT2D eigenvalue weighted by molar-refractivity contribution is 7.81. The molecule has 0 N–H and O–H groups in total. The molecule has 2 unspecified atom stereocenters. The van der Waals surface area contributed by atoms with Crippen LogP contribution in [0.5, 0.6) is 0 Å². The number of hydrogen-bond acceptors (Lipinski definition) is 4. The zero-order chi connectivity index (χ0) is 24.2. The normalized spacial score (nSPS) is 22.9. The first-order valence-corrected chi connectivity index (χ1v) is 13.1. The first kappa shape index (κ1) is 22.6. The van der Waals surface area contributed by atoms with Crippen molar-refractivity contribution in [2.75, 3.05) is 13.2 Å². The predicted octanol–water partition coefficient (Wildman–Crippen LogP) is 7.40. The van der Waals surface area contributed by atoms with E-state index >= 15 is 0 Å². The van der Waals surface area contributed by atoms with Gasteiger partial charge in [-0.2, -0.15) is 25.3 Å². The van der Waals surface area contributed by atoms with Crippen LogP contribution in [0.25, 0.3) is 23.3 Å². The lowest BCUT2D eigenvalue weighted by molar-refractivity contribution is 0.121. The fourth-order valence-electron chi connectivity index (χ4n) is 5.57. The highest BCUT2D eigenvalue weighted by atomic mass is 32.1. The molecule has 0 saturated heterocycles.